The molecule has 0 unspecified atom stereocenters. The third-order valence-electron chi connectivity index (χ3n) is 5.24. The quantitative estimate of drug-likeness (QED) is 0.261. The van der Waals surface area contributed by atoms with Crippen molar-refractivity contribution in [1.82, 2.24) is 5.32 Å². The SMILES string of the molecule is CCCCCCCCCCCCCCC(=O)N[C@H](C(=O)OC)[C@@H](C)CC. The second-order valence-electron chi connectivity index (χ2n) is 7.59. The van der Waals surface area contributed by atoms with Crippen molar-refractivity contribution in [3.63, 3.8) is 0 Å². The Morgan fingerprint density at radius 2 is 1.27 bits per heavy atom. The number of methoxy groups -OCH3 is 1. The van der Waals surface area contributed by atoms with Crippen LogP contribution in [0.25, 0.3) is 0 Å². The van der Waals surface area contributed by atoms with Gasteiger partial charge in [-0.1, -0.05) is 97.8 Å². The van der Waals surface area contributed by atoms with E-state index in [1.165, 1.54) is 71.3 Å². The zero-order valence-corrected chi connectivity index (χ0v) is 17.8. The van der Waals surface area contributed by atoms with E-state index in [0.717, 1.165) is 19.3 Å². The molecule has 0 aromatic carbocycles. The molecule has 0 aromatic heterocycles. The van der Waals surface area contributed by atoms with Gasteiger partial charge in [0.05, 0.1) is 7.11 Å². The molecule has 0 aromatic rings. The lowest BCUT2D eigenvalue weighted by Gasteiger charge is -2.21. The van der Waals surface area contributed by atoms with Gasteiger partial charge in [0.15, 0.2) is 0 Å². The van der Waals surface area contributed by atoms with E-state index in [-0.39, 0.29) is 17.8 Å². The van der Waals surface area contributed by atoms with Gasteiger partial charge in [-0.2, -0.15) is 0 Å². The lowest BCUT2D eigenvalue weighted by Crippen LogP contribution is -2.45. The van der Waals surface area contributed by atoms with E-state index < -0.39 is 6.04 Å². The Kier molecular flexibility index (Phi) is 16.7. The molecule has 0 aliphatic heterocycles. The maximum absolute atomic E-state index is 12.1. The first kappa shape index (κ1) is 24.9. The number of amides is 1. The van der Waals surface area contributed by atoms with Crippen LogP contribution in [0, 0.1) is 5.92 Å². The Morgan fingerprint density at radius 3 is 1.69 bits per heavy atom. The van der Waals surface area contributed by atoms with Gasteiger partial charge in [0.2, 0.25) is 5.91 Å². The van der Waals surface area contributed by atoms with Crippen molar-refractivity contribution in [2.75, 3.05) is 7.11 Å². The van der Waals surface area contributed by atoms with Crippen LogP contribution in [0.5, 0.6) is 0 Å². The molecule has 4 nitrogen and oxygen atoms in total. The van der Waals surface area contributed by atoms with Gasteiger partial charge >= 0.3 is 5.97 Å². The van der Waals surface area contributed by atoms with E-state index in [0.29, 0.717) is 6.42 Å². The summed E-state index contributed by atoms with van der Waals surface area (Å²) in [6, 6.07) is -0.519. The van der Waals surface area contributed by atoms with E-state index in [2.05, 4.69) is 12.2 Å². The van der Waals surface area contributed by atoms with Gasteiger partial charge in [-0.25, -0.2) is 4.79 Å². The fourth-order valence-corrected chi connectivity index (χ4v) is 3.17. The Balaban J connectivity index is 3.62. The molecule has 0 spiro atoms. The molecule has 0 aliphatic carbocycles. The Bertz CT molecular complexity index is 357. The average Bonchev–Trinajstić information content (AvgIpc) is 2.65. The summed E-state index contributed by atoms with van der Waals surface area (Å²) in [4.78, 5) is 23.8. The first-order chi connectivity index (χ1) is 12.6. The molecule has 0 saturated heterocycles. The van der Waals surface area contributed by atoms with Crippen LogP contribution in [0.4, 0.5) is 0 Å². The Labute approximate surface area is 161 Å². The van der Waals surface area contributed by atoms with E-state index in [1.807, 2.05) is 13.8 Å². The minimum absolute atomic E-state index is 0.0345. The number of esters is 1. The summed E-state index contributed by atoms with van der Waals surface area (Å²) in [5.74, 6) is -0.288. The van der Waals surface area contributed by atoms with E-state index in [4.69, 9.17) is 4.74 Å². The van der Waals surface area contributed by atoms with Gasteiger partial charge in [-0.05, 0) is 12.3 Å². The van der Waals surface area contributed by atoms with Crippen LogP contribution in [0.15, 0.2) is 0 Å². The number of unbranched alkanes of at least 4 members (excludes halogenated alkanes) is 11. The molecule has 154 valence electrons. The highest BCUT2D eigenvalue weighted by Crippen LogP contribution is 2.13. The Hall–Kier alpha value is -1.06. The summed E-state index contributed by atoms with van der Waals surface area (Å²) in [6.45, 7) is 6.23. The lowest BCUT2D eigenvalue weighted by molar-refractivity contribution is -0.146. The van der Waals surface area contributed by atoms with Gasteiger partial charge in [-0.3, -0.25) is 4.79 Å². The molecule has 0 heterocycles. The van der Waals surface area contributed by atoms with Gasteiger partial charge in [0.25, 0.3) is 0 Å². The minimum Gasteiger partial charge on any atom is -0.467 e. The van der Waals surface area contributed by atoms with Gasteiger partial charge in [0, 0.05) is 6.42 Å². The first-order valence-electron chi connectivity index (χ1n) is 10.9. The second-order valence-corrected chi connectivity index (χ2v) is 7.59. The van der Waals surface area contributed by atoms with Crippen molar-refractivity contribution in [2.24, 2.45) is 5.92 Å². The number of hydrogen-bond donors (Lipinski definition) is 1. The van der Waals surface area contributed by atoms with Crippen LogP contribution in [0.2, 0.25) is 0 Å². The summed E-state index contributed by atoms with van der Waals surface area (Å²) in [6.07, 6.45) is 16.7. The highest BCUT2D eigenvalue weighted by molar-refractivity contribution is 5.84. The molecule has 0 rings (SSSR count). The normalized spacial score (nSPS) is 13.2. The first-order valence-corrected chi connectivity index (χ1v) is 10.9. The molecule has 0 bridgehead atoms. The summed E-state index contributed by atoms with van der Waals surface area (Å²) >= 11 is 0. The molecule has 4 heteroatoms. The number of nitrogens with one attached hydrogen (secondary N) is 1. The van der Waals surface area contributed by atoms with E-state index in [1.54, 1.807) is 0 Å². The van der Waals surface area contributed by atoms with Crippen molar-refractivity contribution in [3.05, 3.63) is 0 Å². The van der Waals surface area contributed by atoms with Crippen molar-refractivity contribution in [3.8, 4) is 0 Å². The number of hydrogen-bond acceptors (Lipinski definition) is 3. The molecular formula is C22H43NO3. The topological polar surface area (TPSA) is 55.4 Å². The summed E-state index contributed by atoms with van der Waals surface area (Å²) in [5.41, 5.74) is 0. The van der Waals surface area contributed by atoms with Crippen molar-refractivity contribution in [2.45, 2.75) is 117 Å². The minimum atomic E-state index is -0.519. The number of ether oxygens (including phenoxy) is 1. The Morgan fingerprint density at radius 1 is 0.808 bits per heavy atom. The highest BCUT2D eigenvalue weighted by Gasteiger charge is 2.26. The molecule has 0 radical (unpaired) electrons. The molecule has 1 N–H and O–H groups in total. The van der Waals surface area contributed by atoms with Crippen LogP contribution in [0.1, 0.15) is 111 Å². The highest BCUT2D eigenvalue weighted by atomic mass is 16.5. The fourth-order valence-electron chi connectivity index (χ4n) is 3.17. The molecule has 1 amide bonds. The monoisotopic (exact) mass is 369 g/mol. The number of rotatable bonds is 17. The van der Waals surface area contributed by atoms with Gasteiger partial charge in [0.1, 0.15) is 6.04 Å². The summed E-state index contributed by atoms with van der Waals surface area (Å²) in [5, 5.41) is 2.84. The molecule has 2 atom stereocenters. The lowest BCUT2D eigenvalue weighted by atomic mass is 9.99. The van der Waals surface area contributed by atoms with Crippen molar-refractivity contribution >= 4 is 11.9 Å². The van der Waals surface area contributed by atoms with Crippen LogP contribution in [-0.4, -0.2) is 25.0 Å². The maximum atomic E-state index is 12.1. The van der Waals surface area contributed by atoms with E-state index in [9.17, 15) is 9.59 Å². The maximum Gasteiger partial charge on any atom is 0.328 e. The van der Waals surface area contributed by atoms with E-state index >= 15 is 0 Å². The summed E-state index contributed by atoms with van der Waals surface area (Å²) < 4.78 is 4.80. The molecule has 26 heavy (non-hydrogen) atoms. The molecule has 0 fully saturated rings. The van der Waals surface area contributed by atoms with Crippen LogP contribution in [-0.2, 0) is 14.3 Å². The van der Waals surface area contributed by atoms with Crippen molar-refractivity contribution in [1.29, 1.82) is 0 Å². The van der Waals surface area contributed by atoms with Gasteiger partial charge in [-0.15, -0.1) is 0 Å². The molecule has 0 saturated carbocycles. The van der Waals surface area contributed by atoms with Crippen molar-refractivity contribution < 1.29 is 14.3 Å². The zero-order chi connectivity index (χ0) is 19.6. The van der Waals surface area contributed by atoms with Crippen LogP contribution in [0.3, 0.4) is 0 Å². The molecule has 0 aliphatic rings. The third kappa shape index (κ3) is 13.2. The zero-order valence-electron chi connectivity index (χ0n) is 17.8. The summed E-state index contributed by atoms with van der Waals surface area (Å²) in [7, 11) is 1.37. The van der Waals surface area contributed by atoms with Gasteiger partial charge < -0.3 is 10.1 Å². The fraction of sp³-hybridized carbons (Fsp3) is 0.909. The second kappa shape index (κ2) is 17.4. The molecular weight excluding hydrogens is 326 g/mol. The number of carbonyl (C=O) groups excluding carboxylic acids is 2. The third-order valence-corrected chi connectivity index (χ3v) is 5.24. The largest absolute Gasteiger partial charge is 0.467 e. The predicted octanol–water partition coefficient (Wildman–Crippen LogP) is 5.78. The van der Waals surface area contributed by atoms with Crippen LogP contribution >= 0.6 is 0 Å². The smallest absolute Gasteiger partial charge is 0.328 e. The predicted molar refractivity (Wildman–Crippen MR) is 109 cm³/mol. The standard InChI is InChI=1S/C22H43NO3/c1-5-7-8-9-10-11-12-13-14-15-16-17-18-20(24)23-21(19(3)6-2)22(25)26-4/h19,21H,5-18H2,1-4H3,(H,23,24)/t19-,21-/m0/s1. The average molecular weight is 370 g/mol. The number of carbonyl (C=O) groups is 2. The van der Waals surface area contributed by atoms with Crippen LogP contribution < -0.4 is 5.32 Å².